The van der Waals surface area contributed by atoms with Crippen molar-refractivity contribution < 1.29 is 4.79 Å². The van der Waals surface area contributed by atoms with Crippen molar-refractivity contribution >= 4 is 11.6 Å². The lowest BCUT2D eigenvalue weighted by Crippen LogP contribution is -2.35. The third-order valence-corrected chi connectivity index (χ3v) is 1.95. The average Bonchev–Trinajstić information content (AvgIpc) is 2.28. The maximum absolute atomic E-state index is 11.2. The molecule has 1 amide bonds. The molecule has 1 heterocycles. The third-order valence-electron chi connectivity index (χ3n) is 1.95. The number of pyridine rings is 1. The Labute approximate surface area is 88.1 Å². The van der Waals surface area contributed by atoms with Crippen molar-refractivity contribution in [3.8, 4) is 6.07 Å². The van der Waals surface area contributed by atoms with Crippen LogP contribution in [-0.4, -0.2) is 24.0 Å². The predicted octanol–water partition coefficient (Wildman–Crippen LogP) is 0.500. The molecule has 2 N–H and O–H groups in total. The van der Waals surface area contributed by atoms with Gasteiger partial charge in [-0.15, -0.1) is 0 Å². The first-order chi connectivity index (χ1) is 7.19. The van der Waals surface area contributed by atoms with Crippen molar-refractivity contribution in [2.45, 2.75) is 13.0 Å². The monoisotopic (exact) mass is 204 g/mol. The highest BCUT2D eigenvalue weighted by Gasteiger charge is 2.12. The second kappa shape index (κ2) is 4.96. The Morgan fingerprint density at radius 3 is 3.00 bits per heavy atom. The maximum Gasteiger partial charge on any atom is 0.241 e. The molecule has 0 saturated heterocycles. The Morgan fingerprint density at radius 1 is 1.67 bits per heavy atom. The first kappa shape index (κ1) is 11.0. The largest absolute Gasteiger partial charge is 0.372 e. The Balaban J connectivity index is 2.81. The number of likely N-dealkylation sites (N-methyl/N-ethyl adjacent to an activating group) is 1. The van der Waals surface area contributed by atoms with E-state index in [2.05, 4.69) is 15.6 Å². The smallest absolute Gasteiger partial charge is 0.241 e. The van der Waals surface area contributed by atoms with E-state index in [1.165, 1.54) is 12.4 Å². The lowest BCUT2D eigenvalue weighted by atomic mass is 10.2. The van der Waals surface area contributed by atoms with Gasteiger partial charge in [0.25, 0.3) is 0 Å². The van der Waals surface area contributed by atoms with E-state index in [-0.39, 0.29) is 5.91 Å². The van der Waals surface area contributed by atoms with Crippen LogP contribution in [0.5, 0.6) is 0 Å². The number of amides is 1. The Kier molecular flexibility index (Phi) is 3.63. The molecule has 0 aliphatic heterocycles. The number of aromatic nitrogens is 1. The number of carbonyl (C=O) groups excluding carboxylic acids is 1. The first-order valence-corrected chi connectivity index (χ1v) is 4.51. The normalized spacial score (nSPS) is 11.3. The zero-order chi connectivity index (χ0) is 11.3. The lowest BCUT2D eigenvalue weighted by Gasteiger charge is -2.13. The van der Waals surface area contributed by atoms with Crippen molar-refractivity contribution in [2.75, 3.05) is 12.4 Å². The van der Waals surface area contributed by atoms with E-state index in [9.17, 15) is 4.79 Å². The summed E-state index contributed by atoms with van der Waals surface area (Å²) in [5, 5.41) is 14.2. The number of rotatable bonds is 3. The Bertz CT molecular complexity index is 397. The zero-order valence-corrected chi connectivity index (χ0v) is 8.61. The molecule has 0 radical (unpaired) electrons. The number of hydrogen-bond acceptors (Lipinski definition) is 4. The molecule has 1 atom stereocenters. The number of nitrogens with one attached hydrogen (secondary N) is 2. The van der Waals surface area contributed by atoms with Crippen LogP contribution >= 0.6 is 0 Å². The lowest BCUT2D eigenvalue weighted by molar-refractivity contribution is -0.121. The van der Waals surface area contributed by atoms with Crippen molar-refractivity contribution in [3.63, 3.8) is 0 Å². The van der Waals surface area contributed by atoms with E-state index in [4.69, 9.17) is 5.26 Å². The summed E-state index contributed by atoms with van der Waals surface area (Å²) in [4.78, 5) is 15.1. The van der Waals surface area contributed by atoms with Gasteiger partial charge >= 0.3 is 0 Å². The molecule has 0 fully saturated rings. The molecule has 15 heavy (non-hydrogen) atoms. The third kappa shape index (κ3) is 2.68. The van der Waals surface area contributed by atoms with Crippen molar-refractivity contribution in [1.82, 2.24) is 10.3 Å². The van der Waals surface area contributed by atoms with Gasteiger partial charge in [0.15, 0.2) is 0 Å². The minimum Gasteiger partial charge on any atom is -0.372 e. The van der Waals surface area contributed by atoms with E-state index in [1.807, 2.05) is 6.07 Å². The van der Waals surface area contributed by atoms with Gasteiger partial charge in [-0.1, -0.05) is 0 Å². The highest BCUT2D eigenvalue weighted by atomic mass is 16.2. The molecule has 5 heteroatoms. The molecule has 1 aromatic rings. The Hall–Kier alpha value is -2.09. The molecule has 0 aliphatic carbocycles. The van der Waals surface area contributed by atoms with Gasteiger partial charge in [0, 0.05) is 13.2 Å². The van der Waals surface area contributed by atoms with Gasteiger partial charge in [-0.2, -0.15) is 5.26 Å². The summed E-state index contributed by atoms with van der Waals surface area (Å²) in [6.45, 7) is 1.72. The molecule has 0 aliphatic rings. The fraction of sp³-hybridized carbons (Fsp3) is 0.300. The van der Waals surface area contributed by atoms with E-state index >= 15 is 0 Å². The van der Waals surface area contributed by atoms with Crippen LogP contribution in [0.4, 0.5) is 5.69 Å². The van der Waals surface area contributed by atoms with Crippen molar-refractivity contribution in [2.24, 2.45) is 0 Å². The zero-order valence-electron chi connectivity index (χ0n) is 8.61. The van der Waals surface area contributed by atoms with Crippen LogP contribution in [0, 0.1) is 11.3 Å². The molecule has 0 saturated carbocycles. The van der Waals surface area contributed by atoms with Crippen LogP contribution in [0.3, 0.4) is 0 Å². The number of carbonyl (C=O) groups is 1. The quantitative estimate of drug-likeness (QED) is 0.751. The summed E-state index contributed by atoms with van der Waals surface area (Å²) in [6.07, 6.45) is 3.06. The van der Waals surface area contributed by atoms with Gasteiger partial charge in [-0.05, 0) is 13.0 Å². The summed E-state index contributed by atoms with van der Waals surface area (Å²) >= 11 is 0. The van der Waals surface area contributed by atoms with Gasteiger partial charge < -0.3 is 10.6 Å². The molecule has 1 rings (SSSR count). The van der Waals surface area contributed by atoms with Crippen LogP contribution in [-0.2, 0) is 4.79 Å². The van der Waals surface area contributed by atoms with Gasteiger partial charge in [0.1, 0.15) is 12.1 Å². The van der Waals surface area contributed by atoms with Gasteiger partial charge in [-0.25, -0.2) is 0 Å². The molecule has 1 unspecified atom stereocenters. The van der Waals surface area contributed by atoms with Crippen molar-refractivity contribution in [1.29, 1.82) is 5.26 Å². The van der Waals surface area contributed by atoms with Crippen LogP contribution in [0.25, 0.3) is 0 Å². The number of nitriles is 1. The standard InChI is InChI=1S/C10H12N4O/c1-7(10(15)12-2)14-9-6-13-4-3-8(9)5-11/h3-4,6-7,14H,1-2H3,(H,12,15). The second-order valence-electron chi connectivity index (χ2n) is 3.01. The molecule has 1 aromatic heterocycles. The minimum absolute atomic E-state index is 0.136. The van der Waals surface area contributed by atoms with E-state index < -0.39 is 6.04 Å². The first-order valence-electron chi connectivity index (χ1n) is 4.51. The van der Waals surface area contributed by atoms with Crippen LogP contribution in [0.2, 0.25) is 0 Å². The molecular weight excluding hydrogens is 192 g/mol. The van der Waals surface area contributed by atoms with Crippen molar-refractivity contribution in [3.05, 3.63) is 24.0 Å². The molecule has 78 valence electrons. The van der Waals surface area contributed by atoms with E-state index in [0.29, 0.717) is 11.3 Å². The maximum atomic E-state index is 11.2. The number of nitrogens with zero attached hydrogens (tertiary/aromatic N) is 2. The molecule has 5 nitrogen and oxygen atoms in total. The second-order valence-corrected chi connectivity index (χ2v) is 3.01. The number of hydrogen-bond donors (Lipinski definition) is 2. The summed E-state index contributed by atoms with van der Waals surface area (Å²) in [5.41, 5.74) is 1.04. The van der Waals surface area contributed by atoms with Crippen LogP contribution in [0.1, 0.15) is 12.5 Å². The van der Waals surface area contributed by atoms with Crippen LogP contribution in [0.15, 0.2) is 18.5 Å². The van der Waals surface area contributed by atoms with Gasteiger partial charge in [0.05, 0.1) is 17.4 Å². The van der Waals surface area contributed by atoms with E-state index in [1.54, 1.807) is 20.0 Å². The predicted molar refractivity (Wildman–Crippen MR) is 56.1 cm³/mol. The molecule has 0 aromatic carbocycles. The number of anilines is 1. The summed E-state index contributed by atoms with van der Waals surface area (Å²) in [6, 6.07) is 3.22. The SMILES string of the molecule is CNC(=O)C(C)Nc1cnccc1C#N. The minimum atomic E-state index is -0.397. The Morgan fingerprint density at radius 2 is 2.40 bits per heavy atom. The average molecular weight is 204 g/mol. The fourth-order valence-corrected chi connectivity index (χ4v) is 1.12. The van der Waals surface area contributed by atoms with Gasteiger partial charge in [0.2, 0.25) is 5.91 Å². The highest BCUT2D eigenvalue weighted by Crippen LogP contribution is 2.12. The van der Waals surface area contributed by atoms with Gasteiger partial charge in [-0.3, -0.25) is 9.78 Å². The van der Waals surface area contributed by atoms with E-state index in [0.717, 1.165) is 0 Å². The summed E-state index contributed by atoms with van der Waals surface area (Å²) in [5.74, 6) is -0.136. The van der Waals surface area contributed by atoms with Crippen LogP contribution < -0.4 is 10.6 Å². The fourth-order valence-electron chi connectivity index (χ4n) is 1.12. The highest BCUT2D eigenvalue weighted by molar-refractivity contribution is 5.84. The summed E-state index contributed by atoms with van der Waals surface area (Å²) in [7, 11) is 1.56. The molecule has 0 spiro atoms. The molecular formula is C10H12N4O. The molecule has 0 bridgehead atoms. The summed E-state index contributed by atoms with van der Waals surface area (Å²) < 4.78 is 0. The topological polar surface area (TPSA) is 77.8 Å².